The van der Waals surface area contributed by atoms with Gasteiger partial charge in [0.05, 0.1) is 20.2 Å². The molecule has 1 N–H and O–H groups in total. The number of carbonyl (C=O) groups is 2. The van der Waals surface area contributed by atoms with Gasteiger partial charge in [0.25, 0.3) is 5.91 Å². The first-order valence-electron chi connectivity index (χ1n) is 12.0. The summed E-state index contributed by atoms with van der Waals surface area (Å²) in [4.78, 5) is 29.4. The fourth-order valence-electron chi connectivity index (χ4n) is 5.30. The Morgan fingerprint density at radius 2 is 1.68 bits per heavy atom. The van der Waals surface area contributed by atoms with Crippen LogP contribution in [0.15, 0.2) is 66.7 Å². The first kappa shape index (κ1) is 22.3. The summed E-state index contributed by atoms with van der Waals surface area (Å²) in [5, 5.41) is 3.26. The number of aromatic nitrogens is 1. The second-order valence-electron chi connectivity index (χ2n) is 9.49. The van der Waals surface area contributed by atoms with Crippen molar-refractivity contribution < 1.29 is 14.3 Å². The number of amides is 2. The zero-order chi connectivity index (χ0) is 23.7. The van der Waals surface area contributed by atoms with Crippen LogP contribution in [0.4, 0.5) is 0 Å². The summed E-state index contributed by atoms with van der Waals surface area (Å²) in [6, 6.07) is 21.7. The monoisotopic (exact) mass is 457 g/mol. The molecule has 0 bridgehead atoms. The molecule has 0 unspecified atom stereocenters. The molecule has 1 aromatic heterocycles. The normalized spacial score (nSPS) is 20.3. The predicted octanol–water partition coefficient (Wildman–Crippen LogP) is 4.64. The molecule has 1 atom stereocenters. The van der Waals surface area contributed by atoms with Crippen molar-refractivity contribution in [1.29, 1.82) is 0 Å². The maximum Gasteiger partial charge on any atom is 0.271 e. The molecule has 2 amide bonds. The largest absolute Gasteiger partial charge is 0.496 e. The van der Waals surface area contributed by atoms with Crippen LogP contribution in [0.1, 0.15) is 48.7 Å². The van der Waals surface area contributed by atoms with Crippen LogP contribution in [-0.2, 0) is 17.9 Å². The molecule has 3 aromatic rings. The minimum Gasteiger partial charge on any atom is -0.496 e. The standard InChI is InChI=1S/C28H31N3O3/c1-28(27(33)29-22-13-7-8-14-22)19-30-23(20-10-4-3-5-11-20)16-17-24(30)26(32)31(28)18-21-12-6-9-15-25(21)34-2/h3-6,9-12,15-17,22H,7-8,13-14,18-19H2,1-2H3,(H,29,33)/t28-/m1/s1. The van der Waals surface area contributed by atoms with Gasteiger partial charge in [-0.3, -0.25) is 9.59 Å². The van der Waals surface area contributed by atoms with E-state index in [0.29, 0.717) is 24.5 Å². The first-order valence-corrected chi connectivity index (χ1v) is 12.0. The van der Waals surface area contributed by atoms with Gasteiger partial charge in [0.1, 0.15) is 17.0 Å². The van der Waals surface area contributed by atoms with E-state index in [-0.39, 0.29) is 17.9 Å². The molecule has 0 saturated heterocycles. The second kappa shape index (κ2) is 9.01. The van der Waals surface area contributed by atoms with Crippen molar-refractivity contribution in [2.45, 2.75) is 57.3 Å². The van der Waals surface area contributed by atoms with Crippen molar-refractivity contribution in [3.63, 3.8) is 0 Å². The highest BCUT2D eigenvalue weighted by Gasteiger charge is 2.48. The molecule has 176 valence electrons. The molecule has 1 aliphatic heterocycles. The predicted molar refractivity (Wildman–Crippen MR) is 132 cm³/mol. The lowest BCUT2D eigenvalue weighted by atomic mass is 9.93. The zero-order valence-corrected chi connectivity index (χ0v) is 19.8. The number of carbonyl (C=O) groups excluding carboxylic acids is 2. The zero-order valence-electron chi connectivity index (χ0n) is 19.8. The van der Waals surface area contributed by atoms with Gasteiger partial charge in [-0.1, -0.05) is 61.4 Å². The molecule has 6 heteroatoms. The van der Waals surface area contributed by atoms with Gasteiger partial charge in [-0.25, -0.2) is 0 Å². The van der Waals surface area contributed by atoms with Crippen molar-refractivity contribution in [2.24, 2.45) is 0 Å². The second-order valence-corrected chi connectivity index (χ2v) is 9.49. The third kappa shape index (κ3) is 3.87. The maximum absolute atomic E-state index is 13.9. The van der Waals surface area contributed by atoms with Crippen LogP contribution < -0.4 is 10.1 Å². The average Bonchev–Trinajstić information content (AvgIpc) is 3.52. The summed E-state index contributed by atoms with van der Waals surface area (Å²) in [5.74, 6) is 0.462. The summed E-state index contributed by atoms with van der Waals surface area (Å²) in [6.07, 6.45) is 4.25. The number of nitrogens with zero attached hydrogens (tertiary/aromatic N) is 2. The molecule has 0 spiro atoms. The number of ether oxygens (including phenoxy) is 1. The molecule has 5 rings (SSSR count). The van der Waals surface area contributed by atoms with Crippen molar-refractivity contribution in [3.05, 3.63) is 78.0 Å². The molecule has 2 heterocycles. The molecule has 1 fully saturated rings. The Labute approximate surface area is 200 Å². The highest BCUT2D eigenvalue weighted by Crippen LogP contribution is 2.35. The van der Waals surface area contributed by atoms with Gasteiger partial charge < -0.3 is 19.5 Å². The minimum absolute atomic E-state index is 0.0963. The van der Waals surface area contributed by atoms with Gasteiger partial charge in [-0.15, -0.1) is 0 Å². The fraction of sp³-hybridized carbons (Fsp3) is 0.357. The van der Waals surface area contributed by atoms with E-state index in [1.807, 2.05) is 78.2 Å². The first-order chi connectivity index (χ1) is 16.5. The van der Waals surface area contributed by atoms with E-state index in [1.165, 1.54) is 0 Å². The van der Waals surface area contributed by atoms with Crippen LogP contribution in [-0.4, -0.2) is 40.0 Å². The average molecular weight is 458 g/mol. The maximum atomic E-state index is 13.9. The molecular weight excluding hydrogens is 426 g/mol. The smallest absolute Gasteiger partial charge is 0.271 e. The Bertz CT molecular complexity index is 1200. The molecule has 1 aliphatic carbocycles. The number of para-hydroxylation sites is 1. The Morgan fingerprint density at radius 3 is 2.41 bits per heavy atom. The number of rotatable bonds is 6. The molecule has 1 saturated carbocycles. The van der Waals surface area contributed by atoms with Gasteiger partial charge in [0, 0.05) is 17.3 Å². The number of nitrogens with one attached hydrogen (secondary N) is 1. The van der Waals surface area contributed by atoms with Crippen LogP contribution in [0.3, 0.4) is 0 Å². The Kier molecular flexibility index (Phi) is 5.90. The lowest BCUT2D eigenvalue weighted by Gasteiger charge is -2.45. The number of hydrogen-bond donors (Lipinski definition) is 1. The topological polar surface area (TPSA) is 63.6 Å². The molecule has 0 radical (unpaired) electrons. The number of methoxy groups -OCH3 is 1. The minimum atomic E-state index is -1.05. The lowest BCUT2D eigenvalue weighted by Crippen LogP contribution is -2.64. The molecular formula is C28H31N3O3. The van der Waals surface area contributed by atoms with Crippen molar-refractivity contribution in [3.8, 4) is 17.0 Å². The van der Waals surface area contributed by atoms with E-state index in [2.05, 4.69) is 5.32 Å². The third-order valence-corrected chi connectivity index (χ3v) is 7.28. The number of fused-ring (bicyclic) bond motifs is 1. The van der Waals surface area contributed by atoms with Gasteiger partial charge >= 0.3 is 0 Å². The summed E-state index contributed by atoms with van der Waals surface area (Å²) in [5.41, 5.74) is 2.40. The van der Waals surface area contributed by atoms with E-state index in [9.17, 15) is 9.59 Å². The van der Waals surface area contributed by atoms with Crippen LogP contribution in [0.5, 0.6) is 5.75 Å². The fourth-order valence-corrected chi connectivity index (χ4v) is 5.30. The Balaban J connectivity index is 1.56. The molecule has 6 nitrogen and oxygen atoms in total. The van der Waals surface area contributed by atoms with Crippen molar-refractivity contribution in [1.82, 2.24) is 14.8 Å². The highest BCUT2D eigenvalue weighted by molar-refractivity contribution is 6.00. The van der Waals surface area contributed by atoms with Crippen LogP contribution >= 0.6 is 0 Å². The molecule has 2 aromatic carbocycles. The van der Waals surface area contributed by atoms with Crippen LogP contribution in [0, 0.1) is 0 Å². The van der Waals surface area contributed by atoms with E-state index in [4.69, 9.17) is 4.74 Å². The quantitative estimate of drug-likeness (QED) is 0.587. The van der Waals surface area contributed by atoms with Gasteiger partial charge in [0.2, 0.25) is 5.91 Å². The van der Waals surface area contributed by atoms with Crippen molar-refractivity contribution in [2.75, 3.05) is 7.11 Å². The SMILES string of the molecule is COc1ccccc1CN1C(=O)c2ccc(-c3ccccc3)n2C[C@]1(C)C(=O)NC1CCCC1. The van der Waals surface area contributed by atoms with E-state index >= 15 is 0 Å². The third-order valence-electron chi connectivity index (χ3n) is 7.28. The molecule has 2 aliphatic rings. The van der Waals surface area contributed by atoms with E-state index in [1.54, 1.807) is 12.0 Å². The van der Waals surface area contributed by atoms with Gasteiger partial charge in [-0.05, 0) is 43.5 Å². The van der Waals surface area contributed by atoms with Gasteiger partial charge in [-0.2, -0.15) is 0 Å². The van der Waals surface area contributed by atoms with Crippen LogP contribution in [0.25, 0.3) is 11.3 Å². The lowest BCUT2D eigenvalue weighted by molar-refractivity contribution is -0.133. The van der Waals surface area contributed by atoms with Crippen LogP contribution in [0.2, 0.25) is 0 Å². The number of hydrogen-bond acceptors (Lipinski definition) is 3. The molecule has 34 heavy (non-hydrogen) atoms. The Morgan fingerprint density at radius 1 is 1.00 bits per heavy atom. The van der Waals surface area contributed by atoms with E-state index in [0.717, 1.165) is 42.5 Å². The number of benzene rings is 2. The Hall–Kier alpha value is -3.54. The summed E-state index contributed by atoms with van der Waals surface area (Å²) >= 11 is 0. The van der Waals surface area contributed by atoms with Gasteiger partial charge in [0.15, 0.2) is 0 Å². The highest BCUT2D eigenvalue weighted by atomic mass is 16.5. The summed E-state index contributed by atoms with van der Waals surface area (Å²) in [7, 11) is 1.63. The summed E-state index contributed by atoms with van der Waals surface area (Å²) < 4.78 is 7.55. The summed E-state index contributed by atoms with van der Waals surface area (Å²) in [6.45, 7) is 2.57. The van der Waals surface area contributed by atoms with E-state index < -0.39 is 5.54 Å². The van der Waals surface area contributed by atoms with Crippen molar-refractivity contribution >= 4 is 11.8 Å².